The first-order valence-corrected chi connectivity index (χ1v) is 8.13. The molecule has 0 bridgehead atoms. The van der Waals surface area contributed by atoms with Gasteiger partial charge in [0.05, 0.1) is 6.61 Å². The van der Waals surface area contributed by atoms with E-state index in [4.69, 9.17) is 4.74 Å². The van der Waals surface area contributed by atoms with E-state index in [1.54, 1.807) is 0 Å². The van der Waals surface area contributed by atoms with Gasteiger partial charge in [-0.15, -0.1) is 5.92 Å². The topological polar surface area (TPSA) is 9.23 Å². The van der Waals surface area contributed by atoms with Crippen molar-refractivity contribution in [1.29, 1.82) is 0 Å². The molecule has 1 atom stereocenters. The van der Waals surface area contributed by atoms with Crippen LogP contribution in [0, 0.1) is 17.8 Å². The van der Waals surface area contributed by atoms with Crippen LogP contribution in [0.25, 0.3) is 0 Å². The summed E-state index contributed by atoms with van der Waals surface area (Å²) in [5.41, 5.74) is 2.81. The first kappa shape index (κ1) is 17.6. The second-order valence-corrected chi connectivity index (χ2v) is 6.70. The van der Waals surface area contributed by atoms with Crippen LogP contribution in [0.5, 0.6) is 5.75 Å². The van der Waals surface area contributed by atoms with Crippen molar-refractivity contribution in [2.75, 3.05) is 6.61 Å². The molecule has 1 nitrogen and oxygen atoms in total. The Hall–Kier alpha value is -1.42. The summed E-state index contributed by atoms with van der Waals surface area (Å²) in [5.74, 6) is 7.89. The highest BCUT2D eigenvalue weighted by atomic mass is 16.5. The van der Waals surface area contributed by atoms with E-state index in [0.29, 0.717) is 5.92 Å². The van der Waals surface area contributed by atoms with Crippen molar-refractivity contribution in [3.05, 3.63) is 29.3 Å². The fourth-order valence-electron chi connectivity index (χ4n) is 2.22. The molecule has 1 heteroatoms. The number of hydrogen-bond acceptors (Lipinski definition) is 1. The zero-order valence-corrected chi connectivity index (χ0v) is 14.5. The Labute approximate surface area is 131 Å². The van der Waals surface area contributed by atoms with Crippen LogP contribution in [0.1, 0.15) is 65.5 Å². The summed E-state index contributed by atoms with van der Waals surface area (Å²) >= 11 is 0. The number of rotatable bonds is 5. The monoisotopic (exact) mass is 286 g/mol. The Morgan fingerprint density at radius 1 is 1.19 bits per heavy atom. The lowest BCUT2D eigenvalue weighted by Crippen LogP contribution is -2.12. The van der Waals surface area contributed by atoms with Gasteiger partial charge in [0, 0.05) is 12.3 Å². The third kappa shape index (κ3) is 5.84. The molecule has 0 N–H and O–H groups in total. The molecule has 1 aromatic rings. The predicted molar refractivity (Wildman–Crippen MR) is 91.9 cm³/mol. The summed E-state index contributed by atoms with van der Waals surface area (Å²) in [7, 11) is 0. The molecule has 116 valence electrons. The fourth-order valence-corrected chi connectivity index (χ4v) is 2.22. The molecular weight excluding hydrogens is 256 g/mol. The molecule has 0 aliphatic heterocycles. The smallest absolute Gasteiger partial charge is 0.122 e. The summed E-state index contributed by atoms with van der Waals surface area (Å²) in [6, 6.07) is 6.62. The molecule has 1 aromatic carbocycles. The van der Waals surface area contributed by atoms with E-state index in [2.05, 4.69) is 71.6 Å². The number of ether oxygens (including phenoxy) is 1. The lowest BCUT2D eigenvalue weighted by atomic mass is 9.85. The summed E-state index contributed by atoms with van der Waals surface area (Å²) in [5, 5.41) is 0. The van der Waals surface area contributed by atoms with Gasteiger partial charge >= 0.3 is 0 Å². The van der Waals surface area contributed by atoms with E-state index in [-0.39, 0.29) is 5.41 Å². The van der Waals surface area contributed by atoms with Crippen LogP contribution in [0.3, 0.4) is 0 Å². The van der Waals surface area contributed by atoms with Crippen LogP contribution in [-0.2, 0) is 11.8 Å². The van der Waals surface area contributed by atoms with Crippen LogP contribution in [0.15, 0.2) is 18.2 Å². The molecule has 0 saturated heterocycles. The van der Waals surface area contributed by atoms with Crippen molar-refractivity contribution in [3.8, 4) is 17.6 Å². The Morgan fingerprint density at radius 3 is 2.48 bits per heavy atom. The quantitative estimate of drug-likeness (QED) is 0.662. The van der Waals surface area contributed by atoms with Crippen molar-refractivity contribution in [2.45, 2.75) is 66.2 Å². The highest BCUT2D eigenvalue weighted by Gasteiger charge is 2.16. The summed E-state index contributed by atoms with van der Waals surface area (Å²) in [6.07, 6.45) is 2.91. The summed E-state index contributed by atoms with van der Waals surface area (Å²) in [4.78, 5) is 0. The van der Waals surface area contributed by atoms with E-state index in [1.165, 1.54) is 11.1 Å². The molecular formula is C20H30O. The molecule has 21 heavy (non-hydrogen) atoms. The predicted octanol–water partition coefficient (Wildman–Crippen LogP) is 5.36. The Bertz CT molecular complexity index is 497. The molecule has 0 aliphatic rings. The van der Waals surface area contributed by atoms with Gasteiger partial charge in [0.15, 0.2) is 0 Å². The van der Waals surface area contributed by atoms with E-state index >= 15 is 0 Å². The second kappa shape index (κ2) is 8.13. The minimum atomic E-state index is 0.163. The lowest BCUT2D eigenvalue weighted by Gasteiger charge is -2.22. The summed E-state index contributed by atoms with van der Waals surface area (Å²) in [6.45, 7) is 13.9. The molecule has 0 aromatic heterocycles. The third-order valence-corrected chi connectivity index (χ3v) is 3.44. The molecule has 0 saturated carbocycles. The number of hydrogen-bond donors (Lipinski definition) is 0. The van der Waals surface area contributed by atoms with E-state index in [9.17, 15) is 0 Å². The second-order valence-electron chi connectivity index (χ2n) is 6.70. The zero-order valence-electron chi connectivity index (χ0n) is 14.5. The molecule has 0 spiro atoms. The van der Waals surface area contributed by atoms with Gasteiger partial charge in [-0.3, -0.25) is 0 Å². The van der Waals surface area contributed by atoms with Crippen molar-refractivity contribution < 1.29 is 4.74 Å². The van der Waals surface area contributed by atoms with Crippen molar-refractivity contribution in [2.24, 2.45) is 5.92 Å². The van der Waals surface area contributed by atoms with Crippen LogP contribution < -0.4 is 4.74 Å². The lowest BCUT2D eigenvalue weighted by molar-refractivity contribution is 0.313. The SMILES string of the molecule is CCC#CC(C)Cc1cc(C(C)(C)C)ccc1OCCC. The minimum absolute atomic E-state index is 0.163. The Morgan fingerprint density at radius 2 is 1.90 bits per heavy atom. The average Bonchev–Trinajstić information content (AvgIpc) is 2.42. The fraction of sp³-hybridized carbons (Fsp3) is 0.600. The molecule has 1 unspecified atom stereocenters. The van der Waals surface area contributed by atoms with Gasteiger partial charge in [-0.2, -0.15) is 0 Å². The average molecular weight is 286 g/mol. The van der Waals surface area contributed by atoms with Crippen molar-refractivity contribution in [1.82, 2.24) is 0 Å². The molecule has 0 amide bonds. The standard InChI is InChI=1S/C20H30O/c1-7-9-10-16(3)14-17-15-18(20(4,5)6)11-12-19(17)21-13-8-2/h11-12,15-16H,7-8,13-14H2,1-6H3. The Kier molecular flexibility index (Phi) is 6.82. The van der Waals surface area contributed by atoms with Crippen LogP contribution in [-0.4, -0.2) is 6.61 Å². The maximum Gasteiger partial charge on any atom is 0.122 e. The van der Waals surface area contributed by atoms with Crippen LogP contribution >= 0.6 is 0 Å². The van der Waals surface area contributed by atoms with Crippen LogP contribution in [0.4, 0.5) is 0 Å². The largest absolute Gasteiger partial charge is 0.493 e. The normalized spacial score (nSPS) is 12.5. The number of benzene rings is 1. The molecule has 0 radical (unpaired) electrons. The van der Waals surface area contributed by atoms with Crippen molar-refractivity contribution >= 4 is 0 Å². The highest BCUT2D eigenvalue weighted by Crippen LogP contribution is 2.29. The molecule has 0 heterocycles. The van der Waals surface area contributed by atoms with Gasteiger partial charge in [-0.05, 0) is 35.4 Å². The van der Waals surface area contributed by atoms with Gasteiger partial charge in [-0.25, -0.2) is 0 Å². The zero-order chi connectivity index (χ0) is 15.9. The maximum absolute atomic E-state index is 5.91. The Balaban J connectivity index is 3.04. The van der Waals surface area contributed by atoms with E-state index in [0.717, 1.165) is 31.6 Å². The van der Waals surface area contributed by atoms with Gasteiger partial charge in [0.25, 0.3) is 0 Å². The molecule has 1 rings (SSSR count). The third-order valence-electron chi connectivity index (χ3n) is 3.44. The molecule has 0 fully saturated rings. The van der Waals surface area contributed by atoms with Crippen LogP contribution in [0.2, 0.25) is 0 Å². The first-order chi connectivity index (χ1) is 9.88. The van der Waals surface area contributed by atoms with E-state index in [1.807, 2.05) is 0 Å². The van der Waals surface area contributed by atoms with Gasteiger partial charge < -0.3 is 4.74 Å². The molecule has 0 aliphatic carbocycles. The summed E-state index contributed by atoms with van der Waals surface area (Å²) < 4.78 is 5.91. The minimum Gasteiger partial charge on any atom is -0.493 e. The highest BCUT2D eigenvalue weighted by molar-refractivity contribution is 5.40. The van der Waals surface area contributed by atoms with Gasteiger partial charge in [0.1, 0.15) is 5.75 Å². The van der Waals surface area contributed by atoms with Crippen molar-refractivity contribution in [3.63, 3.8) is 0 Å². The van der Waals surface area contributed by atoms with Gasteiger partial charge in [0.2, 0.25) is 0 Å². The first-order valence-electron chi connectivity index (χ1n) is 8.13. The van der Waals surface area contributed by atoms with Gasteiger partial charge in [-0.1, -0.05) is 59.6 Å². The van der Waals surface area contributed by atoms with E-state index < -0.39 is 0 Å². The maximum atomic E-state index is 5.91.